The van der Waals surface area contributed by atoms with Crippen LogP contribution in [-0.2, 0) is 9.59 Å². The third-order valence-corrected chi connectivity index (χ3v) is 8.22. The van der Waals surface area contributed by atoms with Crippen LogP contribution in [0.5, 0.6) is 0 Å². The number of halogens is 2. The van der Waals surface area contributed by atoms with Crippen LogP contribution in [0.4, 0.5) is 8.78 Å². The number of carbonyl (C=O) groups excluding carboxylic acids is 2. The van der Waals surface area contributed by atoms with Crippen molar-refractivity contribution in [1.82, 2.24) is 14.7 Å². The van der Waals surface area contributed by atoms with E-state index in [0.29, 0.717) is 18.9 Å². The highest BCUT2D eigenvalue weighted by Crippen LogP contribution is 2.48. The molecule has 0 spiro atoms. The van der Waals surface area contributed by atoms with Gasteiger partial charge in [0, 0.05) is 25.2 Å². The number of piperazine rings is 1. The Hall–Kier alpha value is -3.35. The minimum Gasteiger partial charge on any atom is -0.326 e. The first kappa shape index (κ1) is 23.1. The Morgan fingerprint density at radius 3 is 2.19 bits per heavy atom. The first-order valence-electron chi connectivity index (χ1n) is 12.4. The quantitative estimate of drug-likeness (QED) is 0.669. The van der Waals surface area contributed by atoms with Gasteiger partial charge >= 0.3 is 0 Å². The third kappa shape index (κ3) is 3.76. The molecule has 1 aliphatic carbocycles. The molecular weight excluding hydrogens is 464 g/mol. The zero-order chi connectivity index (χ0) is 25.1. The molecule has 3 heterocycles. The fourth-order valence-corrected chi connectivity index (χ4v) is 6.44. The Balaban J connectivity index is 1.20. The average Bonchev–Trinajstić information content (AvgIpc) is 3.19. The Morgan fingerprint density at radius 2 is 1.64 bits per heavy atom. The lowest BCUT2D eigenvalue weighted by Crippen LogP contribution is -2.57. The summed E-state index contributed by atoms with van der Waals surface area (Å²) in [5.41, 5.74) is 7.81. The van der Waals surface area contributed by atoms with Gasteiger partial charge in [0.15, 0.2) is 0 Å². The fraction of sp³-hybridized carbons (Fsp3) is 0.444. The van der Waals surface area contributed by atoms with Gasteiger partial charge in [-0.15, -0.1) is 0 Å². The summed E-state index contributed by atoms with van der Waals surface area (Å²) in [5.74, 6) is -0.620. The van der Waals surface area contributed by atoms with Gasteiger partial charge in [0.25, 0.3) is 0 Å². The summed E-state index contributed by atoms with van der Waals surface area (Å²) in [6.45, 7) is 0.813. The molecule has 2 amide bonds. The van der Waals surface area contributed by atoms with Crippen LogP contribution in [0.1, 0.15) is 36.4 Å². The largest absolute Gasteiger partial charge is 0.326 e. The van der Waals surface area contributed by atoms with E-state index in [1.54, 1.807) is 29.2 Å². The van der Waals surface area contributed by atoms with Gasteiger partial charge in [0.1, 0.15) is 17.7 Å². The van der Waals surface area contributed by atoms with Gasteiger partial charge in [0.05, 0.1) is 24.2 Å². The average molecular weight is 492 g/mol. The monoisotopic (exact) mass is 491 g/mol. The standard InChI is InChI=1S/C27H27F2N5O2/c28-18-5-1-15(2-6-18)25(16-3-7-19(29)8-4-16)34-21-11-24(27(34)36)32(13-21)14-22(31)26(35)33-20(12-30)9-17-10-23(17)33/h1-8,17,20-25H,9-11,13-14,31H2/t17-,20+,21?,22+,23+,24+/m1/s1. The topological polar surface area (TPSA) is 93.7 Å². The van der Waals surface area contributed by atoms with Crippen LogP contribution in [0.25, 0.3) is 0 Å². The molecule has 2 aromatic carbocycles. The molecule has 7 nitrogen and oxygen atoms in total. The molecule has 0 radical (unpaired) electrons. The molecule has 1 unspecified atom stereocenters. The number of carbonyl (C=O) groups is 2. The van der Waals surface area contributed by atoms with Crippen molar-refractivity contribution in [2.24, 2.45) is 11.7 Å². The summed E-state index contributed by atoms with van der Waals surface area (Å²) in [4.78, 5) is 32.2. The van der Waals surface area contributed by atoms with E-state index >= 15 is 0 Å². The van der Waals surface area contributed by atoms with Crippen molar-refractivity contribution >= 4 is 11.8 Å². The molecule has 6 rings (SSSR count). The van der Waals surface area contributed by atoms with Crippen LogP contribution in [0.2, 0.25) is 0 Å². The molecule has 2 aromatic rings. The van der Waals surface area contributed by atoms with Crippen molar-refractivity contribution in [3.05, 3.63) is 71.3 Å². The molecular formula is C27H27F2N5O2. The van der Waals surface area contributed by atoms with E-state index in [1.165, 1.54) is 24.3 Å². The molecule has 4 aliphatic rings. The first-order chi connectivity index (χ1) is 17.4. The van der Waals surface area contributed by atoms with Crippen molar-refractivity contribution in [3.8, 4) is 6.07 Å². The lowest BCUT2D eigenvalue weighted by atomic mass is 9.96. The fourth-order valence-electron chi connectivity index (χ4n) is 6.44. The molecule has 2 bridgehead atoms. The van der Waals surface area contributed by atoms with E-state index in [1.807, 2.05) is 9.80 Å². The van der Waals surface area contributed by atoms with Crippen LogP contribution in [-0.4, -0.2) is 69.8 Å². The second-order valence-corrected chi connectivity index (χ2v) is 10.4. The molecule has 36 heavy (non-hydrogen) atoms. The number of fused-ring (bicyclic) bond motifs is 3. The Bertz CT molecular complexity index is 1180. The first-order valence-corrected chi connectivity index (χ1v) is 12.4. The van der Waals surface area contributed by atoms with E-state index in [2.05, 4.69) is 6.07 Å². The number of rotatable bonds is 6. The van der Waals surface area contributed by atoms with Crippen molar-refractivity contribution in [1.29, 1.82) is 5.26 Å². The van der Waals surface area contributed by atoms with Crippen LogP contribution in [0.15, 0.2) is 48.5 Å². The van der Waals surface area contributed by atoms with E-state index in [-0.39, 0.29) is 42.1 Å². The number of nitrogens with zero attached hydrogens (tertiary/aromatic N) is 4. The predicted molar refractivity (Wildman–Crippen MR) is 126 cm³/mol. The van der Waals surface area contributed by atoms with Crippen molar-refractivity contribution in [2.45, 2.75) is 55.5 Å². The van der Waals surface area contributed by atoms with Crippen molar-refractivity contribution in [2.75, 3.05) is 13.1 Å². The van der Waals surface area contributed by atoms with Gasteiger partial charge in [-0.2, -0.15) is 5.26 Å². The lowest BCUT2D eigenvalue weighted by molar-refractivity contribution is -0.140. The number of benzene rings is 2. The van der Waals surface area contributed by atoms with Gasteiger partial charge < -0.3 is 15.5 Å². The number of likely N-dealkylation sites (tertiary alicyclic amines) is 3. The number of amides is 2. The highest BCUT2D eigenvalue weighted by Gasteiger charge is 2.56. The molecule has 9 heteroatoms. The molecule has 0 aromatic heterocycles. The highest BCUT2D eigenvalue weighted by molar-refractivity contribution is 5.87. The molecule has 1 saturated carbocycles. The van der Waals surface area contributed by atoms with Crippen molar-refractivity contribution < 1.29 is 18.4 Å². The summed E-state index contributed by atoms with van der Waals surface area (Å²) >= 11 is 0. The molecule has 4 fully saturated rings. The molecule has 2 N–H and O–H groups in total. The van der Waals surface area contributed by atoms with Gasteiger partial charge in [0.2, 0.25) is 11.8 Å². The maximum absolute atomic E-state index is 13.6. The third-order valence-electron chi connectivity index (χ3n) is 8.22. The number of nitriles is 1. The minimum absolute atomic E-state index is 0.0807. The summed E-state index contributed by atoms with van der Waals surface area (Å²) in [6.07, 6.45) is 2.26. The van der Waals surface area contributed by atoms with E-state index < -0.39 is 24.2 Å². The van der Waals surface area contributed by atoms with Crippen LogP contribution in [0, 0.1) is 28.9 Å². The van der Waals surface area contributed by atoms with E-state index in [0.717, 1.165) is 24.0 Å². The summed E-state index contributed by atoms with van der Waals surface area (Å²) in [7, 11) is 0. The SMILES string of the molecule is N#C[C@@H]1C[C@@H]2C[C@@H]2N1C(=O)[C@@H](N)CN1CC2C[C@H]1C(=O)N2C(c1ccc(F)cc1)c1ccc(F)cc1. The zero-order valence-corrected chi connectivity index (χ0v) is 19.6. The lowest BCUT2D eigenvalue weighted by Gasteiger charge is -2.40. The maximum Gasteiger partial charge on any atom is 0.242 e. The zero-order valence-electron chi connectivity index (χ0n) is 19.6. The van der Waals surface area contributed by atoms with Crippen LogP contribution >= 0.6 is 0 Å². The molecule has 3 saturated heterocycles. The second kappa shape index (κ2) is 8.64. The highest BCUT2D eigenvalue weighted by atomic mass is 19.1. The Morgan fingerprint density at radius 1 is 1.03 bits per heavy atom. The number of nitrogens with two attached hydrogens (primary N) is 1. The number of hydrogen-bond acceptors (Lipinski definition) is 5. The normalized spacial score (nSPS) is 29.5. The van der Waals surface area contributed by atoms with Crippen molar-refractivity contribution in [3.63, 3.8) is 0 Å². The van der Waals surface area contributed by atoms with Gasteiger partial charge in [-0.3, -0.25) is 14.5 Å². The summed E-state index contributed by atoms with van der Waals surface area (Å²) < 4.78 is 27.3. The second-order valence-electron chi connectivity index (χ2n) is 10.4. The van der Waals surface area contributed by atoms with E-state index in [9.17, 15) is 23.6 Å². The van der Waals surface area contributed by atoms with E-state index in [4.69, 9.17) is 5.73 Å². The van der Waals surface area contributed by atoms with Crippen LogP contribution in [0.3, 0.4) is 0 Å². The minimum atomic E-state index is -0.800. The predicted octanol–water partition coefficient (Wildman–Crippen LogP) is 2.18. The summed E-state index contributed by atoms with van der Waals surface area (Å²) in [5, 5.41) is 9.42. The smallest absolute Gasteiger partial charge is 0.242 e. The summed E-state index contributed by atoms with van der Waals surface area (Å²) in [6, 6.07) is 12.2. The molecule has 186 valence electrons. The van der Waals surface area contributed by atoms with Gasteiger partial charge in [-0.05, 0) is 60.6 Å². The number of hydrogen-bond donors (Lipinski definition) is 1. The van der Waals surface area contributed by atoms with Gasteiger partial charge in [-0.1, -0.05) is 24.3 Å². The Labute approximate surface area is 208 Å². The Kier molecular flexibility index (Phi) is 5.54. The van der Waals surface area contributed by atoms with Crippen LogP contribution < -0.4 is 5.73 Å². The number of piperidine rings is 1. The maximum atomic E-state index is 13.6. The molecule has 3 aliphatic heterocycles. The molecule has 6 atom stereocenters. The van der Waals surface area contributed by atoms with Gasteiger partial charge in [-0.25, -0.2) is 8.78 Å².